The first-order valence-electron chi connectivity index (χ1n) is 10.3. The molecule has 0 radical (unpaired) electrons. The van der Waals surface area contributed by atoms with Crippen LogP contribution in [0.4, 0.5) is 4.39 Å². The quantitative estimate of drug-likeness (QED) is 0.546. The van der Waals surface area contributed by atoms with E-state index in [0.29, 0.717) is 18.9 Å². The van der Waals surface area contributed by atoms with Crippen LogP contribution in [-0.4, -0.2) is 26.4 Å². The molecule has 0 bridgehead atoms. The average Bonchev–Trinajstić information content (AvgIpc) is 2.81. The zero-order valence-electron chi connectivity index (χ0n) is 16.9. The molecule has 0 fully saturated rings. The summed E-state index contributed by atoms with van der Waals surface area (Å²) in [5.41, 5.74) is 5.22. The highest BCUT2D eigenvalue weighted by Gasteiger charge is 2.21. The first-order chi connectivity index (χ1) is 15.2. The second-order valence-corrected chi connectivity index (χ2v) is 7.73. The Balaban J connectivity index is 1.31. The monoisotopic (exact) mass is 412 g/mol. The number of nitrogens with zero attached hydrogens (tertiary/aromatic N) is 3. The number of rotatable bonds is 4. The van der Waals surface area contributed by atoms with Gasteiger partial charge in [0.2, 0.25) is 0 Å². The fourth-order valence-electron chi connectivity index (χ4n) is 3.92. The molecule has 0 saturated heterocycles. The summed E-state index contributed by atoms with van der Waals surface area (Å²) in [6, 6.07) is 20.0. The number of pyridine rings is 1. The van der Waals surface area contributed by atoms with Crippen molar-refractivity contribution in [2.45, 2.75) is 19.5 Å². The Hall–Kier alpha value is -3.64. The minimum Gasteiger partial charge on any atom is -0.306 e. The highest BCUT2D eigenvalue weighted by molar-refractivity contribution is 5.59. The first-order valence-corrected chi connectivity index (χ1v) is 10.3. The standard InChI is InChI=1S/C25H21FN4O/c26-20-9-7-18(8-10-20)22-11-6-17(14-27-22)15-30-13-12-23-21(16-30)25(31)29-24(28-23)19-4-2-1-3-5-19/h1-11,14H,12-13,15-16H2,(H,28,29,31). The Labute approximate surface area is 179 Å². The van der Waals surface area contributed by atoms with E-state index >= 15 is 0 Å². The van der Waals surface area contributed by atoms with Crippen molar-refractivity contribution in [3.8, 4) is 22.6 Å². The number of hydrogen-bond acceptors (Lipinski definition) is 4. The van der Waals surface area contributed by atoms with Crippen molar-refractivity contribution in [1.82, 2.24) is 19.9 Å². The average molecular weight is 412 g/mol. The molecule has 0 amide bonds. The van der Waals surface area contributed by atoms with Gasteiger partial charge in [0.1, 0.15) is 11.6 Å². The van der Waals surface area contributed by atoms with Crippen molar-refractivity contribution in [2.24, 2.45) is 0 Å². The summed E-state index contributed by atoms with van der Waals surface area (Å²) in [7, 11) is 0. The van der Waals surface area contributed by atoms with Gasteiger partial charge in [0, 0.05) is 43.4 Å². The molecule has 3 heterocycles. The van der Waals surface area contributed by atoms with Crippen LogP contribution >= 0.6 is 0 Å². The summed E-state index contributed by atoms with van der Waals surface area (Å²) in [6.45, 7) is 2.10. The summed E-state index contributed by atoms with van der Waals surface area (Å²) < 4.78 is 13.1. The molecule has 0 atom stereocenters. The van der Waals surface area contributed by atoms with E-state index in [1.807, 2.05) is 48.7 Å². The molecule has 154 valence electrons. The van der Waals surface area contributed by atoms with Gasteiger partial charge < -0.3 is 4.98 Å². The molecule has 31 heavy (non-hydrogen) atoms. The summed E-state index contributed by atoms with van der Waals surface area (Å²) in [5.74, 6) is 0.365. The van der Waals surface area contributed by atoms with Gasteiger partial charge in [-0.25, -0.2) is 9.37 Å². The second kappa shape index (κ2) is 8.24. The van der Waals surface area contributed by atoms with Crippen molar-refractivity contribution in [1.29, 1.82) is 0 Å². The number of aromatic nitrogens is 3. The van der Waals surface area contributed by atoms with E-state index in [4.69, 9.17) is 4.98 Å². The minimum atomic E-state index is -0.258. The predicted molar refractivity (Wildman–Crippen MR) is 118 cm³/mol. The van der Waals surface area contributed by atoms with Gasteiger partial charge in [-0.1, -0.05) is 36.4 Å². The third kappa shape index (κ3) is 4.15. The largest absolute Gasteiger partial charge is 0.306 e. The molecule has 6 heteroatoms. The molecule has 2 aromatic heterocycles. The van der Waals surface area contributed by atoms with Crippen LogP contribution in [0.1, 0.15) is 16.8 Å². The number of nitrogens with one attached hydrogen (secondary N) is 1. The van der Waals surface area contributed by atoms with Crippen LogP contribution in [-0.2, 0) is 19.5 Å². The van der Waals surface area contributed by atoms with Gasteiger partial charge in [-0.05, 0) is 35.9 Å². The maximum absolute atomic E-state index is 13.1. The number of fused-ring (bicyclic) bond motifs is 1. The Morgan fingerprint density at radius 1 is 0.968 bits per heavy atom. The molecule has 4 aromatic rings. The van der Waals surface area contributed by atoms with E-state index < -0.39 is 0 Å². The Morgan fingerprint density at radius 3 is 2.52 bits per heavy atom. The Morgan fingerprint density at radius 2 is 1.77 bits per heavy atom. The van der Waals surface area contributed by atoms with E-state index in [1.54, 1.807) is 12.1 Å². The van der Waals surface area contributed by atoms with Crippen LogP contribution in [0.15, 0.2) is 77.7 Å². The lowest BCUT2D eigenvalue weighted by molar-refractivity contribution is 0.241. The molecule has 0 saturated carbocycles. The van der Waals surface area contributed by atoms with Crippen LogP contribution in [0.25, 0.3) is 22.6 Å². The molecule has 1 aliphatic heterocycles. The summed E-state index contributed by atoms with van der Waals surface area (Å²) in [6.07, 6.45) is 2.58. The first kappa shape index (κ1) is 19.3. The van der Waals surface area contributed by atoms with E-state index in [9.17, 15) is 9.18 Å². The third-order valence-corrected chi connectivity index (χ3v) is 5.57. The van der Waals surface area contributed by atoms with Crippen LogP contribution in [0.2, 0.25) is 0 Å². The summed E-state index contributed by atoms with van der Waals surface area (Å²) >= 11 is 0. The topological polar surface area (TPSA) is 61.9 Å². The number of H-pyrrole nitrogens is 1. The van der Waals surface area contributed by atoms with Gasteiger partial charge in [0.05, 0.1) is 17.0 Å². The number of benzene rings is 2. The van der Waals surface area contributed by atoms with Crippen molar-refractivity contribution in [3.63, 3.8) is 0 Å². The molecular formula is C25H21FN4O. The van der Waals surface area contributed by atoms with Crippen molar-refractivity contribution in [2.75, 3.05) is 6.54 Å². The second-order valence-electron chi connectivity index (χ2n) is 7.73. The number of hydrogen-bond donors (Lipinski definition) is 1. The van der Waals surface area contributed by atoms with E-state index in [0.717, 1.165) is 46.6 Å². The van der Waals surface area contributed by atoms with Crippen LogP contribution in [0.5, 0.6) is 0 Å². The minimum absolute atomic E-state index is 0.0710. The lowest BCUT2D eigenvalue weighted by Crippen LogP contribution is -2.35. The molecule has 5 rings (SSSR count). The van der Waals surface area contributed by atoms with Crippen molar-refractivity contribution in [3.05, 3.63) is 106 Å². The fraction of sp³-hybridized carbons (Fsp3) is 0.160. The van der Waals surface area contributed by atoms with Gasteiger partial charge in [0.15, 0.2) is 0 Å². The molecule has 1 aliphatic rings. The Kier molecular flexibility index (Phi) is 5.14. The molecule has 2 aromatic carbocycles. The summed E-state index contributed by atoms with van der Waals surface area (Å²) in [5, 5.41) is 0. The van der Waals surface area contributed by atoms with E-state index in [1.165, 1.54) is 12.1 Å². The molecule has 0 spiro atoms. The van der Waals surface area contributed by atoms with Gasteiger partial charge in [-0.3, -0.25) is 14.7 Å². The van der Waals surface area contributed by atoms with Crippen LogP contribution in [0.3, 0.4) is 0 Å². The zero-order valence-corrected chi connectivity index (χ0v) is 16.9. The number of halogens is 1. The van der Waals surface area contributed by atoms with E-state index in [-0.39, 0.29) is 11.4 Å². The Bertz CT molecular complexity index is 1250. The summed E-state index contributed by atoms with van der Waals surface area (Å²) in [4.78, 5) is 27.1. The van der Waals surface area contributed by atoms with Crippen molar-refractivity contribution < 1.29 is 4.39 Å². The molecular weight excluding hydrogens is 391 g/mol. The molecule has 0 aliphatic carbocycles. The number of aromatic amines is 1. The smallest absolute Gasteiger partial charge is 0.255 e. The fourth-order valence-corrected chi connectivity index (χ4v) is 3.92. The van der Waals surface area contributed by atoms with Crippen LogP contribution in [0, 0.1) is 5.82 Å². The highest BCUT2D eigenvalue weighted by atomic mass is 19.1. The normalized spacial score (nSPS) is 13.7. The molecule has 1 N–H and O–H groups in total. The highest BCUT2D eigenvalue weighted by Crippen LogP contribution is 2.21. The van der Waals surface area contributed by atoms with E-state index in [2.05, 4.69) is 14.9 Å². The van der Waals surface area contributed by atoms with Gasteiger partial charge in [0.25, 0.3) is 5.56 Å². The molecule has 0 unspecified atom stereocenters. The lowest BCUT2D eigenvalue weighted by Gasteiger charge is -2.27. The van der Waals surface area contributed by atoms with Crippen LogP contribution < -0.4 is 5.56 Å². The zero-order chi connectivity index (χ0) is 21.2. The third-order valence-electron chi connectivity index (χ3n) is 5.57. The predicted octanol–water partition coefficient (Wildman–Crippen LogP) is 4.20. The maximum atomic E-state index is 13.1. The maximum Gasteiger partial charge on any atom is 0.255 e. The van der Waals surface area contributed by atoms with Gasteiger partial charge in [-0.2, -0.15) is 0 Å². The molecule has 5 nitrogen and oxygen atoms in total. The van der Waals surface area contributed by atoms with Crippen molar-refractivity contribution >= 4 is 0 Å². The van der Waals surface area contributed by atoms with Gasteiger partial charge >= 0.3 is 0 Å². The van der Waals surface area contributed by atoms with Gasteiger partial charge in [-0.15, -0.1) is 0 Å². The SMILES string of the molecule is O=c1[nH]c(-c2ccccc2)nc2c1CN(Cc1ccc(-c3ccc(F)cc3)nc1)CC2. The lowest BCUT2D eigenvalue weighted by atomic mass is 10.1.